The van der Waals surface area contributed by atoms with Gasteiger partial charge in [-0.05, 0) is 51.8 Å². The summed E-state index contributed by atoms with van der Waals surface area (Å²) in [7, 11) is 0. The molecule has 0 atom stereocenters. The Labute approximate surface area is 106 Å². The fourth-order valence-electron chi connectivity index (χ4n) is 1.23. The summed E-state index contributed by atoms with van der Waals surface area (Å²) in [6.45, 7) is 5.34. The lowest BCUT2D eigenvalue weighted by molar-refractivity contribution is 0.0772. The zero-order valence-corrected chi connectivity index (χ0v) is 11.8. The van der Waals surface area contributed by atoms with Crippen molar-refractivity contribution in [1.82, 2.24) is 9.88 Å². The van der Waals surface area contributed by atoms with Gasteiger partial charge in [0.2, 0.25) is 0 Å². The Morgan fingerprint density at radius 1 is 1.40 bits per heavy atom. The van der Waals surface area contributed by atoms with Gasteiger partial charge in [-0.25, -0.2) is 4.98 Å². The highest BCUT2D eigenvalue weighted by Gasteiger charge is 2.13. The van der Waals surface area contributed by atoms with Gasteiger partial charge in [0.1, 0.15) is 4.60 Å². The molecule has 1 amide bonds. The van der Waals surface area contributed by atoms with Crippen molar-refractivity contribution in [2.75, 3.05) is 13.1 Å². The van der Waals surface area contributed by atoms with Crippen molar-refractivity contribution in [3.05, 3.63) is 26.9 Å². The summed E-state index contributed by atoms with van der Waals surface area (Å²) >= 11 is 6.59. The summed E-state index contributed by atoms with van der Waals surface area (Å²) in [5, 5.41) is 0. The van der Waals surface area contributed by atoms with Crippen LogP contribution < -0.4 is 0 Å². The van der Waals surface area contributed by atoms with Crippen molar-refractivity contribution in [3.63, 3.8) is 0 Å². The van der Waals surface area contributed by atoms with E-state index < -0.39 is 0 Å². The molecule has 0 N–H and O–H groups in total. The second kappa shape index (κ2) is 5.61. The average molecular weight is 336 g/mol. The van der Waals surface area contributed by atoms with Gasteiger partial charge in [-0.2, -0.15) is 0 Å². The SMILES string of the molecule is CCN(CC)C(=O)c1cnc(Br)c(Br)c1. The molecule has 1 aromatic heterocycles. The number of carbonyl (C=O) groups is 1. The quantitative estimate of drug-likeness (QED) is 0.795. The average Bonchev–Trinajstić information content (AvgIpc) is 2.23. The molecule has 15 heavy (non-hydrogen) atoms. The van der Waals surface area contributed by atoms with E-state index in [4.69, 9.17) is 0 Å². The molecule has 0 unspecified atom stereocenters. The van der Waals surface area contributed by atoms with Gasteiger partial charge in [-0.1, -0.05) is 0 Å². The lowest BCUT2D eigenvalue weighted by Crippen LogP contribution is -2.30. The first-order chi connectivity index (χ1) is 7.10. The molecule has 0 fully saturated rings. The van der Waals surface area contributed by atoms with Gasteiger partial charge >= 0.3 is 0 Å². The molecule has 0 spiro atoms. The van der Waals surface area contributed by atoms with E-state index in [1.54, 1.807) is 17.2 Å². The Bertz CT molecular complexity index is 364. The van der Waals surface area contributed by atoms with Crippen LogP contribution in [0.3, 0.4) is 0 Å². The molecule has 1 heterocycles. The zero-order chi connectivity index (χ0) is 11.4. The first kappa shape index (κ1) is 12.6. The van der Waals surface area contributed by atoms with Crippen molar-refractivity contribution < 1.29 is 4.79 Å². The van der Waals surface area contributed by atoms with Crippen molar-refractivity contribution in [2.45, 2.75) is 13.8 Å². The van der Waals surface area contributed by atoms with E-state index in [0.717, 1.165) is 4.47 Å². The Morgan fingerprint density at radius 2 is 2.00 bits per heavy atom. The highest BCUT2D eigenvalue weighted by Crippen LogP contribution is 2.21. The second-order valence-corrected chi connectivity index (χ2v) is 4.58. The lowest BCUT2D eigenvalue weighted by Gasteiger charge is -2.18. The Kier molecular flexibility index (Phi) is 4.73. The van der Waals surface area contributed by atoms with Gasteiger partial charge in [0.05, 0.1) is 10.0 Å². The molecule has 0 aliphatic carbocycles. The highest BCUT2D eigenvalue weighted by molar-refractivity contribution is 9.13. The van der Waals surface area contributed by atoms with Crippen LogP contribution in [-0.4, -0.2) is 28.9 Å². The van der Waals surface area contributed by atoms with Crippen LogP contribution in [0.15, 0.2) is 21.3 Å². The topological polar surface area (TPSA) is 33.2 Å². The molecule has 0 saturated carbocycles. The lowest BCUT2D eigenvalue weighted by atomic mass is 10.2. The van der Waals surface area contributed by atoms with Gasteiger partial charge in [0.25, 0.3) is 5.91 Å². The number of carbonyl (C=O) groups excluding carboxylic acids is 1. The van der Waals surface area contributed by atoms with Crippen LogP contribution in [0.1, 0.15) is 24.2 Å². The number of pyridine rings is 1. The Morgan fingerprint density at radius 3 is 2.47 bits per heavy atom. The van der Waals surface area contributed by atoms with Crippen LogP contribution in [0.2, 0.25) is 0 Å². The van der Waals surface area contributed by atoms with Gasteiger partial charge in [0, 0.05) is 19.3 Å². The van der Waals surface area contributed by atoms with Gasteiger partial charge in [-0.15, -0.1) is 0 Å². The Balaban J connectivity index is 2.96. The summed E-state index contributed by atoms with van der Waals surface area (Å²) in [5.41, 5.74) is 0.605. The molecule has 5 heteroatoms. The van der Waals surface area contributed by atoms with Crippen molar-refractivity contribution in [3.8, 4) is 0 Å². The van der Waals surface area contributed by atoms with E-state index in [-0.39, 0.29) is 5.91 Å². The predicted molar refractivity (Wildman–Crippen MR) is 66.9 cm³/mol. The summed E-state index contributed by atoms with van der Waals surface area (Å²) in [4.78, 5) is 17.8. The van der Waals surface area contributed by atoms with Crippen LogP contribution in [0.4, 0.5) is 0 Å². The predicted octanol–water partition coefficient (Wildman–Crippen LogP) is 3.09. The maximum absolute atomic E-state index is 11.9. The molecule has 3 nitrogen and oxygen atoms in total. The number of aromatic nitrogens is 1. The highest BCUT2D eigenvalue weighted by atomic mass is 79.9. The summed E-state index contributed by atoms with van der Waals surface area (Å²) in [5.74, 6) is 0.0145. The van der Waals surface area contributed by atoms with E-state index in [2.05, 4.69) is 36.8 Å². The monoisotopic (exact) mass is 334 g/mol. The fraction of sp³-hybridized carbons (Fsp3) is 0.400. The molecular formula is C10H12Br2N2O. The van der Waals surface area contributed by atoms with Gasteiger partial charge < -0.3 is 4.90 Å². The minimum absolute atomic E-state index is 0.0145. The normalized spacial score (nSPS) is 10.1. The zero-order valence-electron chi connectivity index (χ0n) is 8.63. The molecule has 0 aliphatic rings. The standard InChI is InChI=1S/C10H12Br2N2O/c1-3-14(4-2)10(15)7-5-8(11)9(12)13-6-7/h5-6H,3-4H2,1-2H3. The summed E-state index contributed by atoms with van der Waals surface area (Å²) in [6, 6.07) is 1.78. The van der Waals surface area contributed by atoms with Gasteiger partial charge in [-0.3, -0.25) is 4.79 Å². The van der Waals surface area contributed by atoms with Crippen LogP contribution in [-0.2, 0) is 0 Å². The number of amides is 1. The molecule has 0 saturated heterocycles. The molecule has 0 aromatic carbocycles. The van der Waals surface area contributed by atoms with E-state index in [1.165, 1.54) is 0 Å². The molecular weight excluding hydrogens is 324 g/mol. The third kappa shape index (κ3) is 3.01. The smallest absolute Gasteiger partial charge is 0.255 e. The third-order valence-corrected chi connectivity index (χ3v) is 3.86. The first-order valence-corrected chi connectivity index (χ1v) is 6.29. The fourth-order valence-corrected chi connectivity index (χ4v) is 1.80. The number of hydrogen-bond acceptors (Lipinski definition) is 2. The van der Waals surface area contributed by atoms with Crippen molar-refractivity contribution in [2.24, 2.45) is 0 Å². The third-order valence-electron chi connectivity index (χ3n) is 2.09. The van der Waals surface area contributed by atoms with Crippen LogP contribution >= 0.6 is 31.9 Å². The molecule has 82 valence electrons. The molecule has 0 radical (unpaired) electrons. The maximum Gasteiger partial charge on any atom is 0.255 e. The number of hydrogen-bond donors (Lipinski definition) is 0. The van der Waals surface area contributed by atoms with E-state index in [0.29, 0.717) is 23.3 Å². The number of nitrogens with zero attached hydrogens (tertiary/aromatic N) is 2. The minimum atomic E-state index is 0.0145. The second-order valence-electron chi connectivity index (χ2n) is 2.97. The summed E-state index contributed by atoms with van der Waals surface area (Å²) in [6.07, 6.45) is 1.58. The van der Waals surface area contributed by atoms with E-state index >= 15 is 0 Å². The van der Waals surface area contributed by atoms with Gasteiger partial charge in [0.15, 0.2) is 0 Å². The van der Waals surface area contributed by atoms with Crippen molar-refractivity contribution in [1.29, 1.82) is 0 Å². The largest absolute Gasteiger partial charge is 0.339 e. The summed E-state index contributed by atoms with van der Waals surface area (Å²) < 4.78 is 1.50. The molecule has 1 aromatic rings. The Hall–Kier alpha value is -0.420. The first-order valence-electron chi connectivity index (χ1n) is 4.70. The van der Waals surface area contributed by atoms with Crippen molar-refractivity contribution >= 4 is 37.8 Å². The van der Waals surface area contributed by atoms with E-state index in [9.17, 15) is 4.79 Å². The van der Waals surface area contributed by atoms with Crippen LogP contribution in [0.25, 0.3) is 0 Å². The van der Waals surface area contributed by atoms with E-state index in [1.807, 2.05) is 13.8 Å². The van der Waals surface area contributed by atoms with Crippen LogP contribution in [0, 0.1) is 0 Å². The number of rotatable bonds is 3. The minimum Gasteiger partial charge on any atom is -0.339 e. The molecule has 1 rings (SSSR count). The number of halogens is 2. The maximum atomic E-state index is 11.9. The van der Waals surface area contributed by atoms with Crippen LogP contribution in [0.5, 0.6) is 0 Å². The molecule has 0 aliphatic heterocycles. The molecule has 0 bridgehead atoms.